The van der Waals surface area contributed by atoms with E-state index in [0.29, 0.717) is 32.0 Å². The van der Waals surface area contributed by atoms with Gasteiger partial charge in [-0.2, -0.15) is 0 Å². The van der Waals surface area contributed by atoms with Gasteiger partial charge >= 0.3 is 6.03 Å². The van der Waals surface area contributed by atoms with Crippen molar-refractivity contribution >= 4 is 11.9 Å². The number of carbonyl (C=O) groups is 2. The third-order valence-electron chi connectivity index (χ3n) is 2.24. The van der Waals surface area contributed by atoms with Crippen molar-refractivity contribution < 1.29 is 9.59 Å². The molecule has 0 aromatic heterocycles. The zero-order valence-corrected chi connectivity index (χ0v) is 9.38. The molecule has 0 spiro atoms. The normalized spacial score (nSPS) is 15.7. The Morgan fingerprint density at radius 3 is 2.87 bits per heavy atom. The second-order valence-electron chi connectivity index (χ2n) is 4.17. The molecule has 3 amide bonds. The molecule has 0 aromatic carbocycles. The first-order valence-corrected chi connectivity index (χ1v) is 5.39. The largest absolute Gasteiger partial charge is 0.354 e. The van der Waals surface area contributed by atoms with Crippen LogP contribution in [0.15, 0.2) is 0 Å². The lowest BCUT2D eigenvalue weighted by molar-refractivity contribution is -0.121. The van der Waals surface area contributed by atoms with Gasteiger partial charge in [0.05, 0.1) is 0 Å². The number of amides is 3. The van der Waals surface area contributed by atoms with Crippen molar-refractivity contribution in [2.24, 2.45) is 5.92 Å². The average molecular weight is 213 g/mol. The highest BCUT2D eigenvalue weighted by Crippen LogP contribution is 1.98. The molecular formula is C10H19N3O2. The van der Waals surface area contributed by atoms with E-state index in [1.165, 1.54) is 0 Å². The topological polar surface area (TPSA) is 61.4 Å². The van der Waals surface area contributed by atoms with Crippen molar-refractivity contribution in [2.75, 3.05) is 26.2 Å². The van der Waals surface area contributed by atoms with Gasteiger partial charge in [0.25, 0.3) is 0 Å². The third-order valence-corrected chi connectivity index (χ3v) is 2.24. The van der Waals surface area contributed by atoms with Crippen LogP contribution >= 0.6 is 0 Å². The monoisotopic (exact) mass is 213 g/mol. The van der Waals surface area contributed by atoms with Crippen LogP contribution in [0.5, 0.6) is 0 Å². The van der Waals surface area contributed by atoms with Crippen molar-refractivity contribution in [3.63, 3.8) is 0 Å². The van der Waals surface area contributed by atoms with Gasteiger partial charge in [-0.3, -0.25) is 4.79 Å². The Balaban J connectivity index is 2.10. The summed E-state index contributed by atoms with van der Waals surface area (Å²) in [5, 5.41) is 5.52. The molecular weight excluding hydrogens is 194 g/mol. The second-order valence-corrected chi connectivity index (χ2v) is 4.17. The van der Waals surface area contributed by atoms with Crippen LogP contribution in [0.2, 0.25) is 0 Å². The van der Waals surface area contributed by atoms with Gasteiger partial charge in [-0.25, -0.2) is 4.79 Å². The van der Waals surface area contributed by atoms with Crippen molar-refractivity contribution in [3.05, 3.63) is 0 Å². The van der Waals surface area contributed by atoms with Crippen LogP contribution in [-0.4, -0.2) is 43.0 Å². The van der Waals surface area contributed by atoms with Crippen LogP contribution in [0.4, 0.5) is 4.79 Å². The number of hydrogen-bond donors (Lipinski definition) is 2. The number of rotatable bonds is 5. The lowest BCUT2D eigenvalue weighted by Gasteiger charge is -2.14. The smallest absolute Gasteiger partial charge is 0.317 e. The number of urea groups is 1. The number of nitrogens with one attached hydrogen (secondary N) is 2. The summed E-state index contributed by atoms with van der Waals surface area (Å²) in [5.41, 5.74) is 0. The van der Waals surface area contributed by atoms with Gasteiger partial charge in [-0.1, -0.05) is 13.8 Å². The minimum atomic E-state index is -0.0342. The van der Waals surface area contributed by atoms with Crippen molar-refractivity contribution in [3.8, 4) is 0 Å². The summed E-state index contributed by atoms with van der Waals surface area (Å²) in [4.78, 5) is 24.1. The Labute approximate surface area is 90.2 Å². The summed E-state index contributed by atoms with van der Waals surface area (Å²) in [7, 11) is 0. The maximum absolute atomic E-state index is 11.3. The van der Waals surface area contributed by atoms with Crippen LogP contribution < -0.4 is 10.6 Å². The quantitative estimate of drug-likeness (QED) is 0.684. The predicted octanol–water partition coefficient (Wildman–Crippen LogP) is 0.174. The highest BCUT2D eigenvalue weighted by atomic mass is 16.2. The molecule has 0 unspecified atom stereocenters. The molecule has 1 aliphatic rings. The van der Waals surface area contributed by atoms with Crippen LogP contribution in [0.25, 0.3) is 0 Å². The first-order chi connectivity index (χ1) is 7.09. The van der Waals surface area contributed by atoms with E-state index in [2.05, 4.69) is 10.6 Å². The van der Waals surface area contributed by atoms with E-state index < -0.39 is 0 Å². The first kappa shape index (κ1) is 11.8. The van der Waals surface area contributed by atoms with E-state index in [1.54, 1.807) is 4.90 Å². The lowest BCUT2D eigenvalue weighted by atomic mass is 10.1. The summed E-state index contributed by atoms with van der Waals surface area (Å²) >= 11 is 0. The van der Waals surface area contributed by atoms with Crippen LogP contribution in [-0.2, 0) is 4.79 Å². The zero-order chi connectivity index (χ0) is 11.3. The van der Waals surface area contributed by atoms with Gasteiger partial charge < -0.3 is 15.5 Å². The summed E-state index contributed by atoms with van der Waals surface area (Å²) in [6.07, 6.45) is 0.548. The highest BCUT2D eigenvalue weighted by Gasteiger charge is 2.18. The Kier molecular flexibility index (Phi) is 4.39. The number of carbonyl (C=O) groups excluding carboxylic acids is 2. The van der Waals surface area contributed by atoms with Gasteiger partial charge in [-0.15, -0.1) is 0 Å². The molecule has 0 aliphatic carbocycles. The van der Waals surface area contributed by atoms with Crippen LogP contribution in [0.3, 0.4) is 0 Å². The Morgan fingerprint density at radius 1 is 1.60 bits per heavy atom. The van der Waals surface area contributed by atoms with Gasteiger partial charge in [0.1, 0.15) is 0 Å². The summed E-state index contributed by atoms with van der Waals surface area (Å²) in [6.45, 7) is 6.59. The maximum atomic E-state index is 11.3. The summed E-state index contributed by atoms with van der Waals surface area (Å²) in [5.74, 6) is 0.435. The molecule has 5 nitrogen and oxygen atoms in total. The highest BCUT2D eigenvalue weighted by molar-refractivity contribution is 5.77. The Hall–Kier alpha value is -1.26. The second kappa shape index (κ2) is 5.58. The molecule has 15 heavy (non-hydrogen) atoms. The molecule has 0 atom stereocenters. The predicted molar refractivity (Wildman–Crippen MR) is 57.4 cm³/mol. The van der Waals surface area contributed by atoms with Crippen LogP contribution in [0, 0.1) is 5.92 Å². The van der Waals surface area contributed by atoms with Gasteiger partial charge in [0.15, 0.2) is 0 Å². The van der Waals surface area contributed by atoms with Gasteiger partial charge in [0.2, 0.25) is 5.91 Å². The average Bonchev–Trinajstić information content (AvgIpc) is 2.50. The summed E-state index contributed by atoms with van der Waals surface area (Å²) < 4.78 is 0. The molecule has 86 valence electrons. The van der Waals surface area contributed by atoms with E-state index in [1.807, 2.05) is 13.8 Å². The minimum Gasteiger partial charge on any atom is -0.354 e. The van der Waals surface area contributed by atoms with E-state index in [-0.39, 0.29) is 11.9 Å². The molecule has 0 bridgehead atoms. The van der Waals surface area contributed by atoms with E-state index in [0.717, 1.165) is 6.54 Å². The molecule has 1 aliphatic heterocycles. The summed E-state index contributed by atoms with van der Waals surface area (Å²) in [6, 6.07) is -0.0342. The van der Waals surface area contributed by atoms with E-state index in [9.17, 15) is 9.59 Å². The molecule has 1 fully saturated rings. The van der Waals surface area contributed by atoms with Crippen molar-refractivity contribution in [1.29, 1.82) is 0 Å². The fraction of sp³-hybridized carbons (Fsp3) is 0.800. The molecule has 2 N–H and O–H groups in total. The molecule has 1 rings (SSSR count). The SMILES string of the molecule is CC(C)CC(=O)NCCN1CCNC1=O. The van der Waals surface area contributed by atoms with Gasteiger partial charge in [0, 0.05) is 32.6 Å². The zero-order valence-electron chi connectivity index (χ0n) is 9.38. The van der Waals surface area contributed by atoms with E-state index in [4.69, 9.17) is 0 Å². The molecule has 0 radical (unpaired) electrons. The maximum Gasteiger partial charge on any atom is 0.317 e. The van der Waals surface area contributed by atoms with Gasteiger partial charge in [-0.05, 0) is 5.92 Å². The Morgan fingerprint density at radius 2 is 2.33 bits per heavy atom. The fourth-order valence-electron chi connectivity index (χ4n) is 1.50. The fourth-order valence-corrected chi connectivity index (χ4v) is 1.50. The molecule has 1 saturated heterocycles. The molecule has 5 heteroatoms. The molecule has 0 aromatic rings. The molecule has 0 saturated carbocycles. The van der Waals surface area contributed by atoms with Crippen molar-refractivity contribution in [2.45, 2.75) is 20.3 Å². The standard InChI is InChI=1S/C10H19N3O2/c1-8(2)7-9(14)11-3-5-13-6-4-12-10(13)15/h8H,3-7H2,1-2H3,(H,11,14)(H,12,15). The first-order valence-electron chi connectivity index (χ1n) is 5.39. The van der Waals surface area contributed by atoms with Crippen LogP contribution in [0.1, 0.15) is 20.3 Å². The molecule has 1 heterocycles. The third kappa shape index (κ3) is 4.18. The number of nitrogens with zero attached hydrogens (tertiary/aromatic N) is 1. The Bertz CT molecular complexity index is 241. The van der Waals surface area contributed by atoms with Crippen molar-refractivity contribution in [1.82, 2.24) is 15.5 Å². The van der Waals surface area contributed by atoms with E-state index >= 15 is 0 Å². The lowest BCUT2D eigenvalue weighted by Crippen LogP contribution is -2.37. The minimum absolute atomic E-state index is 0.0342. The number of hydrogen-bond acceptors (Lipinski definition) is 2.